The van der Waals surface area contributed by atoms with Gasteiger partial charge in [0, 0.05) is 43.4 Å². The van der Waals surface area contributed by atoms with Crippen LogP contribution >= 0.6 is 11.3 Å². The molecule has 162 valence electrons. The summed E-state index contributed by atoms with van der Waals surface area (Å²) in [5.41, 5.74) is 2.51. The van der Waals surface area contributed by atoms with Crippen LogP contribution in [0.1, 0.15) is 40.8 Å². The van der Waals surface area contributed by atoms with E-state index in [0.717, 1.165) is 21.0 Å². The standard InChI is InChI=1S/C24H22N4O3S/c1-16-5-6-20(32-16)23(30)27-13-11-26(12-14-27)19-4-2-3-18-21(19)24(31)28(22(18)29)15-17-7-9-25-10-8-17/h2-10H,11-15H2,1H3. The highest BCUT2D eigenvalue weighted by atomic mass is 32.1. The highest BCUT2D eigenvalue weighted by Crippen LogP contribution is 2.33. The summed E-state index contributed by atoms with van der Waals surface area (Å²) in [6.07, 6.45) is 3.30. The zero-order chi connectivity index (χ0) is 22.2. The number of fused-ring (bicyclic) bond motifs is 1. The highest BCUT2D eigenvalue weighted by Gasteiger charge is 2.39. The van der Waals surface area contributed by atoms with Gasteiger partial charge in [-0.2, -0.15) is 0 Å². The number of benzene rings is 1. The summed E-state index contributed by atoms with van der Waals surface area (Å²) in [5, 5.41) is 0. The van der Waals surface area contributed by atoms with Crippen molar-refractivity contribution >= 4 is 34.7 Å². The zero-order valence-electron chi connectivity index (χ0n) is 17.7. The molecule has 0 bridgehead atoms. The third-order valence-electron chi connectivity index (χ3n) is 5.93. The minimum atomic E-state index is -0.273. The number of imide groups is 1. The van der Waals surface area contributed by atoms with Gasteiger partial charge in [0.05, 0.1) is 28.2 Å². The van der Waals surface area contributed by atoms with E-state index >= 15 is 0 Å². The van der Waals surface area contributed by atoms with Crippen LogP contribution in [0.5, 0.6) is 0 Å². The van der Waals surface area contributed by atoms with E-state index in [9.17, 15) is 14.4 Å². The molecule has 4 heterocycles. The van der Waals surface area contributed by atoms with Gasteiger partial charge in [0.15, 0.2) is 0 Å². The number of hydrogen-bond acceptors (Lipinski definition) is 6. The van der Waals surface area contributed by atoms with Crippen LogP contribution in [0.4, 0.5) is 5.69 Å². The molecule has 0 aliphatic carbocycles. The molecule has 32 heavy (non-hydrogen) atoms. The van der Waals surface area contributed by atoms with Gasteiger partial charge < -0.3 is 9.80 Å². The fraction of sp³-hybridized carbons (Fsp3) is 0.250. The first-order valence-electron chi connectivity index (χ1n) is 10.5. The first kappa shape index (κ1) is 20.4. The van der Waals surface area contributed by atoms with Crippen LogP contribution in [0, 0.1) is 6.92 Å². The Bertz CT molecular complexity index is 1200. The summed E-state index contributed by atoms with van der Waals surface area (Å²) in [6.45, 7) is 4.57. The number of aromatic nitrogens is 1. The van der Waals surface area contributed by atoms with Crippen LogP contribution in [0.25, 0.3) is 0 Å². The van der Waals surface area contributed by atoms with Crippen molar-refractivity contribution in [2.45, 2.75) is 13.5 Å². The van der Waals surface area contributed by atoms with E-state index in [1.54, 1.807) is 30.6 Å². The molecule has 1 fully saturated rings. The van der Waals surface area contributed by atoms with Gasteiger partial charge in [0.2, 0.25) is 0 Å². The monoisotopic (exact) mass is 446 g/mol. The molecular formula is C24H22N4O3S. The Kier molecular flexibility index (Phi) is 5.22. The summed E-state index contributed by atoms with van der Waals surface area (Å²) >= 11 is 1.51. The predicted octanol–water partition coefficient (Wildman–Crippen LogP) is 3.21. The molecule has 0 atom stereocenters. The average molecular weight is 447 g/mol. The fourth-order valence-electron chi connectivity index (χ4n) is 4.25. The Hall–Kier alpha value is -3.52. The van der Waals surface area contributed by atoms with Gasteiger partial charge >= 0.3 is 0 Å². The molecule has 7 nitrogen and oxygen atoms in total. The molecule has 3 amide bonds. The number of pyridine rings is 1. The number of rotatable bonds is 4. The van der Waals surface area contributed by atoms with E-state index in [-0.39, 0.29) is 24.3 Å². The second kappa shape index (κ2) is 8.20. The lowest BCUT2D eigenvalue weighted by molar-refractivity contribution is 0.0640. The average Bonchev–Trinajstić information content (AvgIpc) is 3.36. The molecule has 2 aromatic heterocycles. The maximum atomic E-state index is 13.2. The minimum absolute atomic E-state index is 0.0517. The molecular weight excluding hydrogens is 424 g/mol. The van der Waals surface area contributed by atoms with Crippen molar-refractivity contribution in [3.8, 4) is 0 Å². The summed E-state index contributed by atoms with van der Waals surface area (Å²) < 4.78 is 0. The van der Waals surface area contributed by atoms with Crippen LogP contribution in [0.3, 0.4) is 0 Å². The van der Waals surface area contributed by atoms with Crippen molar-refractivity contribution < 1.29 is 14.4 Å². The van der Waals surface area contributed by atoms with E-state index in [0.29, 0.717) is 37.3 Å². The van der Waals surface area contributed by atoms with Crippen LogP contribution in [0.15, 0.2) is 54.9 Å². The second-order valence-corrected chi connectivity index (χ2v) is 9.23. The Labute approximate surface area is 189 Å². The third kappa shape index (κ3) is 3.56. The van der Waals surface area contributed by atoms with Crippen molar-refractivity contribution in [1.29, 1.82) is 0 Å². The molecule has 1 aromatic carbocycles. The number of aryl methyl sites for hydroxylation is 1. The Morgan fingerprint density at radius 2 is 1.72 bits per heavy atom. The molecule has 0 radical (unpaired) electrons. The number of nitrogens with zero attached hydrogens (tertiary/aromatic N) is 4. The topological polar surface area (TPSA) is 73.8 Å². The van der Waals surface area contributed by atoms with Crippen LogP contribution in [-0.2, 0) is 6.54 Å². The van der Waals surface area contributed by atoms with Gasteiger partial charge in [-0.3, -0.25) is 24.3 Å². The molecule has 5 rings (SSSR count). The van der Waals surface area contributed by atoms with Crippen LogP contribution < -0.4 is 4.90 Å². The molecule has 1 saturated heterocycles. The van der Waals surface area contributed by atoms with E-state index in [4.69, 9.17) is 0 Å². The fourth-order valence-corrected chi connectivity index (χ4v) is 5.08. The normalized spacial score (nSPS) is 16.0. The largest absolute Gasteiger partial charge is 0.367 e. The first-order valence-corrected chi connectivity index (χ1v) is 11.3. The SMILES string of the molecule is Cc1ccc(C(=O)N2CCN(c3cccc4c3C(=O)N(Cc3ccncc3)C4=O)CC2)s1. The lowest BCUT2D eigenvalue weighted by Crippen LogP contribution is -2.49. The first-order chi connectivity index (χ1) is 15.5. The van der Waals surface area contributed by atoms with Crippen molar-refractivity contribution in [3.05, 3.63) is 81.3 Å². The number of anilines is 1. The van der Waals surface area contributed by atoms with Gasteiger partial charge in [-0.15, -0.1) is 11.3 Å². The van der Waals surface area contributed by atoms with Crippen molar-refractivity contribution in [2.75, 3.05) is 31.1 Å². The number of carbonyl (C=O) groups is 3. The molecule has 2 aliphatic heterocycles. The van der Waals surface area contributed by atoms with Crippen molar-refractivity contribution in [3.63, 3.8) is 0 Å². The summed E-state index contributed by atoms with van der Waals surface area (Å²) in [6, 6.07) is 12.9. The highest BCUT2D eigenvalue weighted by molar-refractivity contribution is 7.13. The third-order valence-corrected chi connectivity index (χ3v) is 6.91. The summed E-state index contributed by atoms with van der Waals surface area (Å²) in [5.74, 6) is -0.494. The lowest BCUT2D eigenvalue weighted by atomic mass is 10.1. The van der Waals surface area contributed by atoms with E-state index in [2.05, 4.69) is 9.88 Å². The maximum Gasteiger partial charge on any atom is 0.264 e. The molecule has 3 aromatic rings. The molecule has 0 spiro atoms. The second-order valence-electron chi connectivity index (χ2n) is 7.94. The number of hydrogen-bond donors (Lipinski definition) is 0. The van der Waals surface area contributed by atoms with Crippen molar-refractivity contribution in [1.82, 2.24) is 14.8 Å². The Morgan fingerprint density at radius 1 is 0.969 bits per heavy atom. The Balaban J connectivity index is 1.34. The van der Waals surface area contributed by atoms with E-state index in [1.807, 2.05) is 36.1 Å². The Morgan fingerprint density at radius 3 is 2.41 bits per heavy atom. The number of piperazine rings is 1. The number of thiophene rings is 1. The molecule has 0 N–H and O–H groups in total. The van der Waals surface area contributed by atoms with Crippen molar-refractivity contribution in [2.24, 2.45) is 0 Å². The number of carbonyl (C=O) groups excluding carboxylic acids is 3. The predicted molar refractivity (Wildman–Crippen MR) is 122 cm³/mol. The van der Waals surface area contributed by atoms with Gasteiger partial charge in [0.25, 0.3) is 17.7 Å². The van der Waals surface area contributed by atoms with Crippen LogP contribution in [-0.4, -0.2) is 58.7 Å². The lowest BCUT2D eigenvalue weighted by Gasteiger charge is -2.36. The molecule has 0 unspecified atom stereocenters. The zero-order valence-corrected chi connectivity index (χ0v) is 18.5. The number of amides is 3. The summed E-state index contributed by atoms with van der Waals surface area (Å²) in [4.78, 5) is 50.1. The van der Waals surface area contributed by atoms with E-state index in [1.165, 1.54) is 16.2 Å². The van der Waals surface area contributed by atoms with Crippen LogP contribution in [0.2, 0.25) is 0 Å². The van der Waals surface area contributed by atoms with Gasteiger partial charge in [-0.25, -0.2) is 0 Å². The van der Waals surface area contributed by atoms with Gasteiger partial charge in [-0.1, -0.05) is 6.07 Å². The maximum absolute atomic E-state index is 13.2. The van der Waals surface area contributed by atoms with Gasteiger partial charge in [0.1, 0.15) is 0 Å². The quantitative estimate of drug-likeness (QED) is 0.576. The van der Waals surface area contributed by atoms with Gasteiger partial charge in [-0.05, 0) is 48.9 Å². The molecule has 0 saturated carbocycles. The molecule has 2 aliphatic rings. The molecule has 8 heteroatoms. The smallest absolute Gasteiger partial charge is 0.264 e. The summed E-state index contributed by atoms with van der Waals surface area (Å²) in [7, 11) is 0. The minimum Gasteiger partial charge on any atom is -0.367 e. The van der Waals surface area contributed by atoms with E-state index < -0.39 is 0 Å².